The Labute approximate surface area is 191 Å². The van der Waals surface area contributed by atoms with E-state index in [0.29, 0.717) is 33.5 Å². The summed E-state index contributed by atoms with van der Waals surface area (Å²) < 4.78 is 21.3. The Kier molecular flexibility index (Phi) is 6.50. The van der Waals surface area contributed by atoms with Gasteiger partial charge in [-0.05, 0) is 50.3 Å². The van der Waals surface area contributed by atoms with Gasteiger partial charge in [0.2, 0.25) is 0 Å². The van der Waals surface area contributed by atoms with Gasteiger partial charge in [-0.2, -0.15) is 5.26 Å². The molecule has 1 saturated carbocycles. The molecule has 1 saturated heterocycles. The van der Waals surface area contributed by atoms with Crippen molar-refractivity contribution < 1.29 is 13.9 Å². The first-order valence-electron chi connectivity index (χ1n) is 10.7. The zero-order chi connectivity index (χ0) is 22.7. The SMILES string of the molecule is C#CC=C(C=CC)C(=O)NC1=NC2(c3cc(C#N)ccc3F)COC(C3CC3)CC2CS1. The van der Waals surface area contributed by atoms with Crippen LogP contribution >= 0.6 is 11.8 Å². The summed E-state index contributed by atoms with van der Waals surface area (Å²) in [5.41, 5.74) is 0.0500. The van der Waals surface area contributed by atoms with Crippen LogP contribution in [0.15, 0.2) is 47.0 Å². The average molecular weight is 450 g/mol. The summed E-state index contributed by atoms with van der Waals surface area (Å²) in [5.74, 6) is 2.84. The predicted molar refractivity (Wildman–Crippen MR) is 123 cm³/mol. The van der Waals surface area contributed by atoms with E-state index in [0.717, 1.165) is 19.3 Å². The fourth-order valence-electron chi connectivity index (χ4n) is 4.39. The van der Waals surface area contributed by atoms with Crippen molar-refractivity contribution in [3.05, 3.63) is 58.9 Å². The Morgan fingerprint density at radius 3 is 2.97 bits per heavy atom. The summed E-state index contributed by atoms with van der Waals surface area (Å²) >= 11 is 1.45. The lowest BCUT2D eigenvalue weighted by atomic mass is 9.74. The van der Waals surface area contributed by atoms with E-state index in [1.54, 1.807) is 25.1 Å². The summed E-state index contributed by atoms with van der Waals surface area (Å²) in [6, 6.07) is 6.41. The van der Waals surface area contributed by atoms with Crippen molar-refractivity contribution in [2.45, 2.75) is 37.8 Å². The fraction of sp³-hybridized carbons (Fsp3) is 0.400. The molecule has 5 nitrogen and oxygen atoms in total. The number of allylic oxidation sites excluding steroid dienone is 2. The van der Waals surface area contributed by atoms with Crippen molar-refractivity contribution in [2.24, 2.45) is 16.8 Å². The lowest BCUT2D eigenvalue weighted by Crippen LogP contribution is -2.51. The Morgan fingerprint density at radius 1 is 1.47 bits per heavy atom. The number of carbonyl (C=O) groups excluding carboxylic acids is 1. The summed E-state index contributed by atoms with van der Waals surface area (Å²) in [4.78, 5) is 17.6. The van der Waals surface area contributed by atoms with Gasteiger partial charge < -0.3 is 10.1 Å². The van der Waals surface area contributed by atoms with E-state index in [1.807, 2.05) is 0 Å². The summed E-state index contributed by atoms with van der Waals surface area (Å²) in [6.45, 7) is 2.01. The topological polar surface area (TPSA) is 74.5 Å². The highest BCUT2D eigenvalue weighted by Gasteiger charge is 2.52. The number of halogens is 1. The van der Waals surface area contributed by atoms with Gasteiger partial charge in [0.15, 0.2) is 5.17 Å². The number of amides is 1. The molecular weight excluding hydrogens is 425 g/mol. The Balaban J connectivity index is 1.71. The van der Waals surface area contributed by atoms with Crippen molar-refractivity contribution in [1.29, 1.82) is 5.26 Å². The standard InChI is InChI=1S/C25H24FN3O2S/c1-3-5-18(6-4-2)23(30)28-24-29-25(20-11-16(13-27)7-10-21(20)26)15-31-22(17-8-9-17)12-19(25)14-32-24/h1,4-7,10-11,17,19,22H,8-9,12,14-15H2,2H3,(H,28,29,30). The first kappa shape index (κ1) is 22.3. The minimum Gasteiger partial charge on any atom is -0.375 e. The first-order chi connectivity index (χ1) is 15.5. The highest BCUT2D eigenvalue weighted by atomic mass is 32.2. The number of hydrogen-bond donors (Lipinski definition) is 1. The zero-order valence-electron chi connectivity index (χ0n) is 17.8. The van der Waals surface area contributed by atoms with Gasteiger partial charge in [-0.3, -0.25) is 4.79 Å². The molecule has 2 heterocycles. The van der Waals surface area contributed by atoms with E-state index < -0.39 is 11.4 Å². The molecule has 164 valence electrons. The van der Waals surface area contributed by atoms with E-state index >= 15 is 4.39 Å². The quantitative estimate of drug-likeness (QED) is 0.427. The third-order valence-corrected chi connectivity index (χ3v) is 7.25. The second-order valence-corrected chi connectivity index (χ2v) is 9.31. The van der Waals surface area contributed by atoms with Gasteiger partial charge in [-0.25, -0.2) is 9.38 Å². The molecule has 1 aromatic carbocycles. The molecule has 3 atom stereocenters. The zero-order valence-corrected chi connectivity index (χ0v) is 18.6. The molecule has 1 N–H and O–H groups in total. The van der Waals surface area contributed by atoms with Crippen LogP contribution in [-0.4, -0.2) is 29.5 Å². The number of fused-ring (bicyclic) bond motifs is 1. The van der Waals surface area contributed by atoms with Crippen molar-refractivity contribution >= 4 is 22.8 Å². The Hall–Kier alpha value is -2.87. The first-order valence-corrected chi connectivity index (χ1v) is 11.6. The number of amidine groups is 1. The van der Waals surface area contributed by atoms with Crippen LogP contribution in [0.4, 0.5) is 4.39 Å². The second-order valence-electron chi connectivity index (χ2n) is 8.30. The van der Waals surface area contributed by atoms with Gasteiger partial charge in [0.25, 0.3) is 5.91 Å². The minimum absolute atomic E-state index is 0.0344. The van der Waals surface area contributed by atoms with Crippen molar-refractivity contribution in [3.8, 4) is 18.4 Å². The molecule has 0 aromatic heterocycles. The van der Waals surface area contributed by atoms with E-state index in [-0.39, 0.29) is 24.5 Å². The number of nitrogens with zero attached hydrogens (tertiary/aromatic N) is 2. The van der Waals surface area contributed by atoms with Crippen molar-refractivity contribution in [3.63, 3.8) is 0 Å². The van der Waals surface area contributed by atoms with Crippen molar-refractivity contribution in [1.82, 2.24) is 5.32 Å². The fourth-order valence-corrected chi connectivity index (χ4v) is 5.55. The highest BCUT2D eigenvalue weighted by molar-refractivity contribution is 8.13. The van der Waals surface area contributed by atoms with Crippen LogP contribution in [0.2, 0.25) is 0 Å². The summed E-state index contributed by atoms with van der Waals surface area (Å²) in [7, 11) is 0. The largest absolute Gasteiger partial charge is 0.375 e. The second kappa shape index (κ2) is 9.32. The number of nitriles is 1. The monoisotopic (exact) mass is 449 g/mol. The number of aliphatic imine (C=N–C) groups is 1. The van der Waals surface area contributed by atoms with Gasteiger partial charge in [0.1, 0.15) is 11.4 Å². The van der Waals surface area contributed by atoms with Crippen molar-refractivity contribution in [2.75, 3.05) is 12.4 Å². The van der Waals surface area contributed by atoms with Gasteiger partial charge in [0, 0.05) is 28.9 Å². The molecule has 1 aromatic rings. The molecule has 1 amide bonds. The molecule has 3 unspecified atom stereocenters. The van der Waals surface area contributed by atoms with E-state index in [2.05, 4.69) is 17.3 Å². The molecule has 1 aliphatic carbocycles. The van der Waals surface area contributed by atoms with Crippen LogP contribution in [0, 0.1) is 41.3 Å². The number of rotatable bonds is 4. The molecule has 0 bridgehead atoms. The number of carbonyl (C=O) groups is 1. The third-order valence-electron chi connectivity index (χ3n) is 6.21. The normalized spacial score (nSPS) is 27.8. The number of nitrogens with one attached hydrogen (secondary N) is 1. The molecule has 7 heteroatoms. The third kappa shape index (κ3) is 4.37. The summed E-state index contributed by atoms with van der Waals surface area (Å²) in [6.07, 6.45) is 13.3. The molecule has 4 rings (SSSR count). The van der Waals surface area contributed by atoms with Crippen LogP contribution in [0.25, 0.3) is 0 Å². The minimum atomic E-state index is -0.993. The molecule has 2 fully saturated rings. The molecule has 0 spiro atoms. The summed E-state index contributed by atoms with van der Waals surface area (Å²) in [5, 5.41) is 12.6. The van der Waals surface area contributed by atoms with Crippen LogP contribution in [-0.2, 0) is 15.1 Å². The van der Waals surface area contributed by atoms with Gasteiger partial charge >= 0.3 is 0 Å². The molecule has 32 heavy (non-hydrogen) atoms. The van der Waals surface area contributed by atoms with Crippen LogP contribution in [0.1, 0.15) is 37.3 Å². The molecular formula is C25H24FN3O2S. The molecule has 2 aliphatic heterocycles. The Morgan fingerprint density at radius 2 is 2.28 bits per heavy atom. The predicted octanol–water partition coefficient (Wildman–Crippen LogP) is 4.06. The van der Waals surface area contributed by atoms with E-state index in [9.17, 15) is 10.1 Å². The van der Waals surface area contributed by atoms with E-state index in [1.165, 1.54) is 30.0 Å². The number of hydrogen-bond acceptors (Lipinski definition) is 5. The van der Waals surface area contributed by atoms with Crippen LogP contribution < -0.4 is 5.32 Å². The Bertz CT molecular complexity index is 1090. The van der Waals surface area contributed by atoms with Gasteiger partial charge in [-0.1, -0.05) is 29.8 Å². The maximum atomic E-state index is 15.1. The number of thioether (sulfide) groups is 1. The maximum Gasteiger partial charge on any atom is 0.257 e. The molecule has 3 aliphatic rings. The van der Waals surface area contributed by atoms with E-state index in [4.69, 9.17) is 16.2 Å². The number of benzene rings is 1. The van der Waals surface area contributed by atoms with Crippen LogP contribution in [0.5, 0.6) is 0 Å². The smallest absolute Gasteiger partial charge is 0.257 e. The highest BCUT2D eigenvalue weighted by Crippen LogP contribution is 2.50. The number of terminal acetylenes is 1. The van der Waals surface area contributed by atoms with Gasteiger partial charge in [-0.15, -0.1) is 6.42 Å². The van der Waals surface area contributed by atoms with Crippen LogP contribution in [0.3, 0.4) is 0 Å². The average Bonchev–Trinajstić information content (AvgIpc) is 3.64. The lowest BCUT2D eigenvalue weighted by Gasteiger charge is -2.46. The van der Waals surface area contributed by atoms with Gasteiger partial charge in [0.05, 0.1) is 24.3 Å². The maximum absolute atomic E-state index is 15.1. The lowest BCUT2D eigenvalue weighted by molar-refractivity contribution is -0.115. The number of ether oxygens (including phenoxy) is 1. The molecule has 0 radical (unpaired) electrons.